The Morgan fingerprint density at radius 3 is 2.96 bits per heavy atom. The van der Waals surface area contributed by atoms with Gasteiger partial charge in [0.15, 0.2) is 5.84 Å². The van der Waals surface area contributed by atoms with Crippen molar-refractivity contribution in [2.24, 2.45) is 10.1 Å². The molecular formula is C14H14BrFN6O5S. The molecule has 150 valence electrons. The monoisotopic (exact) mass is 476 g/mol. The Labute approximate surface area is 166 Å². The molecule has 0 radical (unpaired) electrons. The van der Waals surface area contributed by atoms with Gasteiger partial charge in [-0.05, 0) is 50.9 Å². The highest BCUT2D eigenvalue weighted by Crippen LogP contribution is 2.24. The van der Waals surface area contributed by atoms with E-state index in [4.69, 9.17) is 9.88 Å². The predicted octanol–water partition coefficient (Wildman–Crippen LogP) is 1.20. The molecule has 0 spiro atoms. The number of benzene rings is 1. The number of hydrogen-bond acceptors (Lipinski definition) is 8. The molecule has 11 nitrogen and oxygen atoms in total. The van der Waals surface area contributed by atoms with Crippen LogP contribution in [0.15, 0.2) is 44.1 Å². The van der Waals surface area contributed by atoms with Crippen molar-refractivity contribution in [1.82, 2.24) is 20.1 Å². The zero-order valence-corrected chi connectivity index (χ0v) is 16.4. The third-order valence-corrected chi connectivity index (χ3v) is 5.27. The Morgan fingerprint density at radius 1 is 1.50 bits per heavy atom. The summed E-state index contributed by atoms with van der Waals surface area (Å²) in [6.45, 7) is 0.0320. The van der Waals surface area contributed by atoms with Crippen molar-refractivity contribution >= 4 is 37.7 Å². The lowest BCUT2D eigenvalue weighted by atomic mass is 10.3. The standard InChI is InChI=1S/C14H14BrFN6O5S/c15-10-6-8(3-4-11(10)16)18-13(19-23)12-14(21-27-20-12)26-7-9-2-1-5-22(9)28(17,24)25/h2-4,6,23H,1,5,7H2,(H,18,19)(H2,17,24,25). The molecule has 0 atom stereocenters. The van der Waals surface area contributed by atoms with Gasteiger partial charge in [-0.25, -0.2) is 19.2 Å². The van der Waals surface area contributed by atoms with Crippen molar-refractivity contribution in [3.8, 4) is 5.88 Å². The zero-order chi connectivity index (χ0) is 20.3. The number of aromatic nitrogens is 2. The Kier molecular flexibility index (Phi) is 5.93. The Balaban J connectivity index is 1.80. The number of nitrogens with one attached hydrogen (secondary N) is 1. The summed E-state index contributed by atoms with van der Waals surface area (Å²) >= 11 is 3.04. The molecule has 1 aromatic carbocycles. The van der Waals surface area contributed by atoms with Crippen LogP contribution in [0.4, 0.5) is 10.1 Å². The predicted molar refractivity (Wildman–Crippen MR) is 97.5 cm³/mol. The number of aliphatic imine (C=N–C) groups is 1. The maximum Gasteiger partial charge on any atom is 0.298 e. The number of nitrogens with two attached hydrogens (primary N) is 1. The lowest BCUT2D eigenvalue weighted by Gasteiger charge is -2.18. The molecule has 1 aliphatic heterocycles. The molecular weight excluding hydrogens is 463 g/mol. The Morgan fingerprint density at radius 2 is 2.29 bits per heavy atom. The van der Waals surface area contributed by atoms with E-state index in [1.54, 1.807) is 6.08 Å². The Bertz CT molecular complexity index is 1040. The number of nitrogens with zero attached hydrogens (tertiary/aromatic N) is 4. The first kappa shape index (κ1) is 20.2. The summed E-state index contributed by atoms with van der Waals surface area (Å²) in [6, 6.07) is 3.94. The molecule has 0 fully saturated rings. The van der Waals surface area contributed by atoms with Gasteiger partial charge in [-0.1, -0.05) is 6.08 Å². The Hall–Kier alpha value is -2.55. The molecule has 0 aliphatic carbocycles. The average molecular weight is 477 g/mol. The third kappa shape index (κ3) is 4.46. The van der Waals surface area contributed by atoms with Gasteiger partial charge in [0.2, 0.25) is 5.69 Å². The largest absolute Gasteiger partial charge is 0.467 e. The van der Waals surface area contributed by atoms with E-state index in [2.05, 4.69) is 35.9 Å². The van der Waals surface area contributed by atoms with Gasteiger partial charge in [0.1, 0.15) is 12.4 Å². The fraction of sp³-hybridized carbons (Fsp3) is 0.214. The van der Waals surface area contributed by atoms with Crippen LogP contribution in [0.3, 0.4) is 0 Å². The fourth-order valence-corrected chi connectivity index (χ4v) is 3.57. The summed E-state index contributed by atoms with van der Waals surface area (Å²) in [5, 5.41) is 21.7. The smallest absolute Gasteiger partial charge is 0.298 e. The van der Waals surface area contributed by atoms with E-state index in [0.717, 1.165) is 4.31 Å². The van der Waals surface area contributed by atoms with Crippen LogP contribution in [0.2, 0.25) is 0 Å². The first-order valence-corrected chi connectivity index (χ1v) is 9.98. The van der Waals surface area contributed by atoms with Crippen molar-refractivity contribution < 1.29 is 27.4 Å². The minimum absolute atomic E-state index is 0.0799. The van der Waals surface area contributed by atoms with E-state index >= 15 is 0 Å². The number of ether oxygens (including phenoxy) is 1. The molecule has 0 saturated heterocycles. The summed E-state index contributed by atoms with van der Waals surface area (Å²) in [5.74, 6) is -0.809. The van der Waals surface area contributed by atoms with Gasteiger partial charge >= 0.3 is 0 Å². The van der Waals surface area contributed by atoms with Crippen molar-refractivity contribution in [1.29, 1.82) is 0 Å². The van der Waals surface area contributed by atoms with Gasteiger partial charge in [-0.15, -0.1) is 0 Å². The van der Waals surface area contributed by atoms with Gasteiger partial charge in [-0.3, -0.25) is 15.0 Å². The zero-order valence-electron chi connectivity index (χ0n) is 14.0. The number of amidine groups is 1. The van der Waals surface area contributed by atoms with E-state index in [1.807, 2.05) is 5.48 Å². The normalized spacial score (nSPS) is 14.9. The van der Waals surface area contributed by atoms with Crippen molar-refractivity contribution in [2.75, 3.05) is 13.2 Å². The van der Waals surface area contributed by atoms with Gasteiger partial charge in [0, 0.05) is 6.54 Å². The van der Waals surface area contributed by atoms with Crippen LogP contribution in [0, 0.1) is 5.82 Å². The molecule has 0 unspecified atom stereocenters. The topological polar surface area (TPSA) is 156 Å². The maximum atomic E-state index is 13.3. The fourth-order valence-electron chi connectivity index (χ4n) is 2.39. The highest BCUT2D eigenvalue weighted by Gasteiger charge is 2.26. The first-order chi connectivity index (χ1) is 13.3. The molecule has 28 heavy (non-hydrogen) atoms. The SMILES string of the molecule is NS(=O)(=O)N1CCC=C1COc1nonc1C(=Nc1ccc(F)c(Br)c1)NO. The van der Waals surface area contributed by atoms with Crippen LogP contribution < -0.4 is 15.4 Å². The molecule has 1 aliphatic rings. The molecule has 2 aromatic rings. The number of rotatable bonds is 6. The van der Waals surface area contributed by atoms with Crippen LogP contribution in [0.5, 0.6) is 5.88 Å². The second kappa shape index (κ2) is 8.22. The number of hydrogen-bond donors (Lipinski definition) is 3. The number of halogens is 2. The van der Waals surface area contributed by atoms with E-state index in [9.17, 15) is 18.0 Å². The highest BCUT2D eigenvalue weighted by molar-refractivity contribution is 9.10. The summed E-state index contributed by atoms with van der Waals surface area (Å²) in [6.07, 6.45) is 2.15. The molecule has 0 amide bonds. The quantitative estimate of drug-likeness (QED) is 0.318. The average Bonchev–Trinajstić information content (AvgIpc) is 3.29. The third-order valence-electron chi connectivity index (χ3n) is 3.63. The summed E-state index contributed by atoms with van der Waals surface area (Å²) in [7, 11) is -3.91. The summed E-state index contributed by atoms with van der Waals surface area (Å²) in [5.41, 5.74) is 2.38. The van der Waals surface area contributed by atoms with E-state index < -0.39 is 16.0 Å². The van der Waals surface area contributed by atoms with Crippen molar-refractivity contribution in [2.45, 2.75) is 6.42 Å². The van der Waals surface area contributed by atoms with Gasteiger partial charge in [0.25, 0.3) is 16.1 Å². The van der Waals surface area contributed by atoms with Gasteiger partial charge < -0.3 is 4.74 Å². The first-order valence-electron chi connectivity index (χ1n) is 7.68. The lowest BCUT2D eigenvalue weighted by molar-refractivity contribution is 0.233. The molecule has 1 aromatic heterocycles. The molecule has 2 heterocycles. The van der Waals surface area contributed by atoms with E-state index in [-0.39, 0.29) is 40.7 Å². The van der Waals surface area contributed by atoms with Crippen LogP contribution in [-0.4, -0.2) is 47.2 Å². The van der Waals surface area contributed by atoms with Crippen molar-refractivity contribution in [3.63, 3.8) is 0 Å². The van der Waals surface area contributed by atoms with Crippen LogP contribution in [0.25, 0.3) is 0 Å². The summed E-state index contributed by atoms with van der Waals surface area (Å²) in [4.78, 5) is 4.09. The molecule has 14 heteroatoms. The van der Waals surface area contributed by atoms with E-state index in [0.29, 0.717) is 12.1 Å². The van der Waals surface area contributed by atoms with Crippen molar-refractivity contribution in [3.05, 3.63) is 46.0 Å². The molecule has 0 bridgehead atoms. The lowest BCUT2D eigenvalue weighted by Crippen LogP contribution is -2.35. The second-order valence-electron chi connectivity index (χ2n) is 5.48. The second-order valence-corrected chi connectivity index (χ2v) is 7.80. The highest BCUT2D eigenvalue weighted by atomic mass is 79.9. The van der Waals surface area contributed by atoms with Crippen LogP contribution in [0.1, 0.15) is 12.1 Å². The van der Waals surface area contributed by atoms with Crippen LogP contribution in [-0.2, 0) is 10.2 Å². The van der Waals surface area contributed by atoms with E-state index in [1.165, 1.54) is 18.2 Å². The maximum absolute atomic E-state index is 13.3. The number of hydroxylamine groups is 1. The summed E-state index contributed by atoms with van der Waals surface area (Å²) < 4.78 is 47.7. The minimum Gasteiger partial charge on any atom is -0.467 e. The molecule has 3 rings (SSSR count). The minimum atomic E-state index is -3.91. The molecule has 0 saturated carbocycles. The van der Waals surface area contributed by atoms with Crippen LogP contribution >= 0.6 is 15.9 Å². The van der Waals surface area contributed by atoms with Gasteiger partial charge in [0.05, 0.1) is 15.9 Å². The molecule has 4 N–H and O–H groups in total. The van der Waals surface area contributed by atoms with Gasteiger partial charge in [-0.2, -0.15) is 8.42 Å².